The molecule has 0 heterocycles. The quantitative estimate of drug-likeness (QED) is 0.372. The van der Waals surface area contributed by atoms with Gasteiger partial charge in [0, 0.05) is 18.6 Å². The molecular formula is C20H27NO5. The van der Waals surface area contributed by atoms with Crippen molar-refractivity contribution in [1.29, 1.82) is 0 Å². The Hall–Kier alpha value is -2.63. The molecular weight excluding hydrogens is 334 g/mol. The van der Waals surface area contributed by atoms with Crippen molar-refractivity contribution in [2.24, 2.45) is 0 Å². The predicted molar refractivity (Wildman–Crippen MR) is 98.3 cm³/mol. The Kier molecular flexibility index (Phi) is 10.5. The number of hydrogen-bond donors (Lipinski definition) is 1. The van der Waals surface area contributed by atoms with Crippen LogP contribution in [0.25, 0.3) is 0 Å². The number of hydrogen-bond acceptors (Lipinski definition) is 5. The van der Waals surface area contributed by atoms with E-state index in [1.165, 1.54) is 7.11 Å². The monoisotopic (exact) mass is 361 g/mol. The van der Waals surface area contributed by atoms with Crippen molar-refractivity contribution in [3.8, 4) is 0 Å². The van der Waals surface area contributed by atoms with Gasteiger partial charge in [0.05, 0.1) is 13.7 Å². The number of methoxy groups -OCH3 is 1. The van der Waals surface area contributed by atoms with Gasteiger partial charge >= 0.3 is 11.9 Å². The summed E-state index contributed by atoms with van der Waals surface area (Å²) in [6, 6.07) is 8.45. The molecule has 0 bridgehead atoms. The molecule has 1 rings (SSSR count). The topological polar surface area (TPSA) is 81.7 Å². The molecule has 1 amide bonds. The lowest BCUT2D eigenvalue weighted by atomic mass is 10.1. The number of benzene rings is 1. The molecule has 0 aromatic heterocycles. The molecule has 0 aliphatic carbocycles. The van der Waals surface area contributed by atoms with Crippen molar-refractivity contribution in [1.82, 2.24) is 5.32 Å². The van der Waals surface area contributed by atoms with Crippen LogP contribution in [0.3, 0.4) is 0 Å². The molecule has 6 nitrogen and oxygen atoms in total. The van der Waals surface area contributed by atoms with Gasteiger partial charge in [-0.3, -0.25) is 4.79 Å². The predicted octanol–water partition coefficient (Wildman–Crippen LogP) is 2.57. The van der Waals surface area contributed by atoms with Crippen LogP contribution < -0.4 is 5.32 Å². The molecule has 26 heavy (non-hydrogen) atoms. The summed E-state index contributed by atoms with van der Waals surface area (Å²) in [5.74, 6) is -1.68. The number of amides is 1. The molecule has 1 N–H and O–H groups in total. The highest BCUT2D eigenvalue weighted by molar-refractivity contribution is 5.96. The summed E-state index contributed by atoms with van der Waals surface area (Å²) in [5, 5.41) is 2.55. The molecule has 0 saturated heterocycles. The third kappa shape index (κ3) is 9.01. The molecule has 1 atom stereocenters. The van der Waals surface area contributed by atoms with Crippen LogP contribution in [0.15, 0.2) is 42.5 Å². The van der Waals surface area contributed by atoms with Crippen LogP contribution in [0, 0.1) is 0 Å². The van der Waals surface area contributed by atoms with Gasteiger partial charge in [-0.25, -0.2) is 9.59 Å². The summed E-state index contributed by atoms with van der Waals surface area (Å²) in [7, 11) is 1.26. The normalized spacial score (nSPS) is 11.8. The third-order valence-corrected chi connectivity index (χ3v) is 3.70. The SMILES string of the molecule is CCCCCCOC(=O)/C=C\C(=O)N[C@@H](Cc1ccccc1)C(=O)OC. The van der Waals surface area contributed by atoms with Crippen LogP contribution in [-0.2, 0) is 30.3 Å². The highest BCUT2D eigenvalue weighted by Gasteiger charge is 2.21. The summed E-state index contributed by atoms with van der Waals surface area (Å²) in [4.78, 5) is 35.4. The summed E-state index contributed by atoms with van der Waals surface area (Å²) in [5.41, 5.74) is 0.888. The molecule has 0 fully saturated rings. The van der Waals surface area contributed by atoms with Crippen LogP contribution in [0.1, 0.15) is 38.2 Å². The third-order valence-electron chi connectivity index (χ3n) is 3.70. The Morgan fingerprint density at radius 2 is 1.81 bits per heavy atom. The van der Waals surface area contributed by atoms with Gasteiger partial charge in [0.1, 0.15) is 6.04 Å². The Morgan fingerprint density at radius 1 is 1.08 bits per heavy atom. The fourth-order valence-corrected chi connectivity index (χ4v) is 2.30. The maximum Gasteiger partial charge on any atom is 0.330 e. The van der Waals surface area contributed by atoms with E-state index in [0.29, 0.717) is 13.0 Å². The van der Waals surface area contributed by atoms with E-state index in [1.807, 2.05) is 30.3 Å². The Morgan fingerprint density at radius 3 is 2.46 bits per heavy atom. The summed E-state index contributed by atoms with van der Waals surface area (Å²) in [6.45, 7) is 2.44. The average molecular weight is 361 g/mol. The largest absolute Gasteiger partial charge is 0.467 e. The molecule has 1 aromatic rings. The molecule has 0 aliphatic rings. The fourth-order valence-electron chi connectivity index (χ4n) is 2.30. The molecule has 0 radical (unpaired) electrons. The highest BCUT2D eigenvalue weighted by atomic mass is 16.5. The number of nitrogens with one attached hydrogen (secondary N) is 1. The van der Waals surface area contributed by atoms with E-state index in [2.05, 4.69) is 12.2 Å². The molecule has 0 unspecified atom stereocenters. The molecule has 0 saturated carbocycles. The van der Waals surface area contributed by atoms with Crippen LogP contribution in [0.2, 0.25) is 0 Å². The summed E-state index contributed by atoms with van der Waals surface area (Å²) in [6.07, 6.45) is 6.45. The van der Waals surface area contributed by atoms with E-state index in [4.69, 9.17) is 9.47 Å². The average Bonchev–Trinajstić information content (AvgIpc) is 2.66. The first-order valence-corrected chi connectivity index (χ1v) is 8.84. The number of esters is 2. The van der Waals surface area contributed by atoms with Gasteiger partial charge in [0.2, 0.25) is 5.91 Å². The molecule has 0 spiro atoms. The lowest BCUT2D eigenvalue weighted by Crippen LogP contribution is -2.42. The van der Waals surface area contributed by atoms with Gasteiger partial charge < -0.3 is 14.8 Å². The second kappa shape index (κ2) is 12.7. The maximum absolute atomic E-state index is 12.0. The summed E-state index contributed by atoms with van der Waals surface area (Å²) >= 11 is 0. The lowest BCUT2D eigenvalue weighted by Gasteiger charge is -2.15. The van der Waals surface area contributed by atoms with E-state index in [-0.39, 0.29) is 0 Å². The van der Waals surface area contributed by atoms with Crippen molar-refractivity contribution in [3.63, 3.8) is 0 Å². The van der Waals surface area contributed by atoms with E-state index in [1.54, 1.807) is 0 Å². The minimum Gasteiger partial charge on any atom is -0.467 e. The van der Waals surface area contributed by atoms with Gasteiger partial charge in [-0.1, -0.05) is 56.5 Å². The van der Waals surface area contributed by atoms with Crippen molar-refractivity contribution in [2.45, 2.75) is 45.1 Å². The number of rotatable bonds is 11. The first kappa shape index (κ1) is 21.4. The van der Waals surface area contributed by atoms with Crippen LogP contribution >= 0.6 is 0 Å². The van der Waals surface area contributed by atoms with Gasteiger partial charge in [-0.15, -0.1) is 0 Å². The van der Waals surface area contributed by atoms with E-state index < -0.39 is 23.9 Å². The van der Waals surface area contributed by atoms with Gasteiger partial charge in [0.25, 0.3) is 0 Å². The number of ether oxygens (including phenoxy) is 2. The van der Waals surface area contributed by atoms with Gasteiger partial charge in [-0.2, -0.15) is 0 Å². The zero-order chi connectivity index (χ0) is 19.2. The van der Waals surface area contributed by atoms with Crippen LogP contribution in [0.5, 0.6) is 0 Å². The second-order valence-electron chi connectivity index (χ2n) is 5.84. The number of carbonyl (C=O) groups is 3. The first-order valence-electron chi connectivity index (χ1n) is 8.84. The Labute approximate surface area is 154 Å². The number of carbonyl (C=O) groups excluding carboxylic acids is 3. The fraction of sp³-hybridized carbons (Fsp3) is 0.450. The smallest absolute Gasteiger partial charge is 0.330 e. The van der Waals surface area contributed by atoms with Crippen molar-refractivity contribution < 1.29 is 23.9 Å². The Balaban J connectivity index is 2.47. The molecule has 1 aromatic carbocycles. The molecule has 142 valence electrons. The van der Waals surface area contributed by atoms with Crippen LogP contribution in [0.4, 0.5) is 0 Å². The lowest BCUT2D eigenvalue weighted by molar-refractivity contribution is -0.144. The van der Waals surface area contributed by atoms with Crippen molar-refractivity contribution in [3.05, 3.63) is 48.0 Å². The van der Waals surface area contributed by atoms with E-state index in [0.717, 1.165) is 43.4 Å². The standard InChI is InChI=1S/C20H27NO5/c1-3-4-5-9-14-26-19(23)13-12-18(22)21-17(20(24)25-2)15-16-10-7-6-8-11-16/h6-8,10-13,17H,3-5,9,14-15H2,1-2H3,(H,21,22)/b13-12-/t17-/m0/s1. The molecule has 0 aliphatic heterocycles. The Bertz CT molecular complexity index is 597. The maximum atomic E-state index is 12.0. The first-order chi connectivity index (χ1) is 12.6. The zero-order valence-electron chi connectivity index (χ0n) is 15.4. The summed E-state index contributed by atoms with van der Waals surface area (Å²) < 4.78 is 9.74. The zero-order valence-corrected chi connectivity index (χ0v) is 15.4. The minimum atomic E-state index is -0.829. The van der Waals surface area contributed by atoms with Gasteiger partial charge in [0.15, 0.2) is 0 Å². The van der Waals surface area contributed by atoms with E-state index in [9.17, 15) is 14.4 Å². The second-order valence-corrected chi connectivity index (χ2v) is 5.84. The van der Waals surface area contributed by atoms with E-state index >= 15 is 0 Å². The number of unbranched alkanes of at least 4 members (excludes halogenated alkanes) is 3. The van der Waals surface area contributed by atoms with Crippen molar-refractivity contribution >= 4 is 17.8 Å². The van der Waals surface area contributed by atoms with Crippen LogP contribution in [-0.4, -0.2) is 37.6 Å². The van der Waals surface area contributed by atoms with Gasteiger partial charge in [-0.05, 0) is 12.0 Å². The highest BCUT2D eigenvalue weighted by Crippen LogP contribution is 2.05. The van der Waals surface area contributed by atoms with Crippen molar-refractivity contribution in [2.75, 3.05) is 13.7 Å². The molecule has 6 heteroatoms. The minimum absolute atomic E-state index is 0.301.